The SMILES string of the molecule is CSCCNCCN(C1CCCCC1)C(C)(C)C. The number of hydrogen-bond donors (Lipinski definition) is 1. The van der Waals surface area contributed by atoms with E-state index < -0.39 is 0 Å². The molecule has 3 heteroatoms. The van der Waals surface area contributed by atoms with Gasteiger partial charge in [0.2, 0.25) is 0 Å². The van der Waals surface area contributed by atoms with Crippen LogP contribution in [0.1, 0.15) is 52.9 Å². The normalized spacial score (nSPS) is 18.5. The first-order chi connectivity index (χ1) is 8.55. The molecule has 0 bridgehead atoms. The van der Waals surface area contributed by atoms with Crippen molar-refractivity contribution in [2.45, 2.75) is 64.5 Å². The van der Waals surface area contributed by atoms with Gasteiger partial charge in [-0.1, -0.05) is 19.3 Å². The summed E-state index contributed by atoms with van der Waals surface area (Å²) in [6.07, 6.45) is 9.28. The van der Waals surface area contributed by atoms with Crippen molar-refractivity contribution in [3.63, 3.8) is 0 Å². The van der Waals surface area contributed by atoms with Gasteiger partial charge in [-0.15, -0.1) is 0 Å². The van der Waals surface area contributed by atoms with Crippen LogP contribution in [0, 0.1) is 0 Å². The molecule has 0 spiro atoms. The van der Waals surface area contributed by atoms with Gasteiger partial charge in [0.1, 0.15) is 0 Å². The molecule has 1 saturated carbocycles. The molecule has 0 radical (unpaired) electrons. The highest BCUT2D eigenvalue weighted by Gasteiger charge is 2.29. The number of rotatable bonds is 7. The molecule has 0 aliphatic heterocycles. The number of nitrogens with one attached hydrogen (secondary N) is 1. The van der Waals surface area contributed by atoms with E-state index >= 15 is 0 Å². The molecular weight excluding hydrogens is 240 g/mol. The van der Waals surface area contributed by atoms with Crippen LogP contribution in [0.25, 0.3) is 0 Å². The smallest absolute Gasteiger partial charge is 0.0128 e. The summed E-state index contributed by atoms with van der Waals surface area (Å²) in [6, 6.07) is 0.820. The lowest BCUT2D eigenvalue weighted by atomic mass is 9.90. The Morgan fingerprint density at radius 2 is 1.78 bits per heavy atom. The van der Waals surface area contributed by atoms with E-state index in [2.05, 4.69) is 37.2 Å². The first-order valence-corrected chi connectivity index (χ1v) is 8.91. The van der Waals surface area contributed by atoms with Crippen molar-refractivity contribution in [2.75, 3.05) is 31.6 Å². The van der Waals surface area contributed by atoms with E-state index in [1.165, 1.54) is 44.4 Å². The maximum absolute atomic E-state index is 3.57. The molecule has 18 heavy (non-hydrogen) atoms. The zero-order valence-corrected chi connectivity index (χ0v) is 13.6. The Hall–Kier alpha value is 0.270. The third-order valence-corrected chi connectivity index (χ3v) is 4.50. The Morgan fingerprint density at radius 1 is 1.11 bits per heavy atom. The second-order valence-electron chi connectivity index (χ2n) is 6.40. The molecule has 0 aromatic heterocycles. The molecule has 1 aliphatic carbocycles. The van der Waals surface area contributed by atoms with Gasteiger partial charge in [0.15, 0.2) is 0 Å². The minimum Gasteiger partial charge on any atom is -0.315 e. The summed E-state index contributed by atoms with van der Waals surface area (Å²) in [4.78, 5) is 2.73. The van der Waals surface area contributed by atoms with Gasteiger partial charge in [-0.05, 0) is 39.9 Å². The van der Waals surface area contributed by atoms with Crippen LogP contribution in [0.15, 0.2) is 0 Å². The number of hydrogen-bond acceptors (Lipinski definition) is 3. The van der Waals surface area contributed by atoms with Crippen LogP contribution >= 0.6 is 11.8 Å². The van der Waals surface area contributed by atoms with Gasteiger partial charge in [0.25, 0.3) is 0 Å². The molecule has 1 rings (SSSR count). The molecule has 0 aromatic carbocycles. The van der Waals surface area contributed by atoms with Crippen molar-refractivity contribution < 1.29 is 0 Å². The van der Waals surface area contributed by atoms with Crippen LogP contribution in [0.5, 0.6) is 0 Å². The molecule has 108 valence electrons. The second kappa shape index (κ2) is 8.44. The van der Waals surface area contributed by atoms with Gasteiger partial charge in [0.05, 0.1) is 0 Å². The van der Waals surface area contributed by atoms with Gasteiger partial charge in [-0.3, -0.25) is 4.90 Å². The summed E-state index contributed by atoms with van der Waals surface area (Å²) >= 11 is 1.92. The predicted molar refractivity (Wildman–Crippen MR) is 84.6 cm³/mol. The molecule has 1 fully saturated rings. The summed E-state index contributed by atoms with van der Waals surface area (Å²) in [6.45, 7) is 10.6. The van der Waals surface area contributed by atoms with E-state index in [1.807, 2.05) is 11.8 Å². The van der Waals surface area contributed by atoms with E-state index in [1.54, 1.807) is 0 Å². The summed E-state index contributed by atoms with van der Waals surface area (Å²) in [5.74, 6) is 1.22. The van der Waals surface area contributed by atoms with E-state index in [9.17, 15) is 0 Å². The largest absolute Gasteiger partial charge is 0.315 e. The molecule has 2 nitrogen and oxygen atoms in total. The minimum atomic E-state index is 0.309. The highest BCUT2D eigenvalue weighted by molar-refractivity contribution is 7.98. The van der Waals surface area contributed by atoms with Crippen LogP contribution < -0.4 is 5.32 Å². The fourth-order valence-corrected chi connectivity index (χ4v) is 3.31. The fraction of sp³-hybridized carbons (Fsp3) is 1.00. The summed E-state index contributed by atoms with van der Waals surface area (Å²) < 4.78 is 0. The van der Waals surface area contributed by atoms with Crippen molar-refractivity contribution in [2.24, 2.45) is 0 Å². The van der Waals surface area contributed by atoms with Crippen LogP contribution in [0.4, 0.5) is 0 Å². The summed E-state index contributed by atoms with van der Waals surface area (Å²) in [5, 5.41) is 3.57. The monoisotopic (exact) mass is 272 g/mol. The van der Waals surface area contributed by atoms with Gasteiger partial charge in [-0.2, -0.15) is 11.8 Å². The topological polar surface area (TPSA) is 15.3 Å². The Labute approximate surface area is 118 Å². The van der Waals surface area contributed by atoms with Crippen LogP contribution in [0.3, 0.4) is 0 Å². The number of thioether (sulfide) groups is 1. The molecule has 0 heterocycles. The molecular formula is C15H32N2S. The molecule has 0 unspecified atom stereocenters. The second-order valence-corrected chi connectivity index (χ2v) is 7.38. The van der Waals surface area contributed by atoms with Crippen molar-refractivity contribution in [3.05, 3.63) is 0 Å². The maximum Gasteiger partial charge on any atom is 0.0128 e. The lowest BCUT2D eigenvalue weighted by Gasteiger charge is -2.43. The predicted octanol–water partition coefficient (Wildman–Crippen LogP) is 3.37. The van der Waals surface area contributed by atoms with E-state index in [0.29, 0.717) is 5.54 Å². The molecule has 0 aromatic rings. The fourth-order valence-electron chi connectivity index (χ4n) is 2.96. The van der Waals surface area contributed by atoms with E-state index in [0.717, 1.165) is 19.1 Å². The molecule has 1 aliphatic rings. The third kappa shape index (κ3) is 5.94. The van der Waals surface area contributed by atoms with Crippen LogP contribution in [0.2, 0.25) is 0 Å². The average Bonchev–Trinajstić information content (AvgIpc) is 2.33. The third-order valence-electron chi connectivity index (χ3n) is 3.89. The van der Waals surface area contributed by atoms with Gasteiger partial charge in [0, 0.05) is 37.0 Å². The van der Waals surface area contributed by atoms with E-state index in [4.69, 9.17) is 0 Å². The highest BCUT2D eigenvalue weighted by atomic mass is 32.2. The lowest BCUT2D eigenvalue weighted by molar-refractivity contribution is 0.0616. The Bertz CT molecular complexity index is 207. The molecule has 0 atom stereocenters. The molecule has 1 N–H and O–H groups in total. The Morgan fingerprint density at radius 3 is 2.33 bits per heavy atom. The summed E-state index contributed by atoms with van der Waals surface area (Å²) in [5.41, 5.74) is 0.309. The Balaban J connectivity index is 2.36. The van der Waals surface area contributed by atoms with Crippen LogP contribution in [-0.4, -0.2) is 48.1 Å². The van der Waals surface area contributed by atoms with Crippen molar-refractivity contribution >= 4 is 11.8 Å². The minimum absolute atomic E-state index is 0.309. The van der Waals surface area contributed by atoms with Crippen LogP contribution in [-0.2, 0) is 0 Å². The number of nitrogens with zero attached hydrogens (tertiary/aromatic N) is 1. The van der Waals surface area contributed by atoms with Gasteiger partial charge >= 0.3 is 0 Å². The lowest BCUT2D eigenvalue weighted by Crippen LogP contribution is -2.51. The standard InChI is InChI=1S/C15H32N2S/c1-15(2,3)17(12-10-16-11-13-18-4)14-8-6-5-7-9-14/h14,16H,5-13H2,1-4H3. The maximum atomic E-state index is 3.57. The quantitative estimate of drug-likeness (QED) is 0.715. The molecule has 0 amide bonds. The van der Waals surface area contributed by atoms with Crippen molar-refractivity contribution in [1.29, 1.82) is 0 Å². The summed E-state index contributed by atoms with van der Waals surface area (Å²) in [7, 11) is 0. The average molecular weight is 273 g/mol. The first kappa shape index (κ1) is 16.3. The molecule has 0 saturated heterocycles. The highest BCUT2D eigenvalue weighted by Crippen LogP contribution is 2.27. The zero-order chi connectivity index (χ0) is 13.4. The van der Waals surface area contributed by atoms with Gasteiger partial charge < -0.3 is 5.32 Å². The van der Waals surface area contributed by atoms with Crippen molar-refractivity contribution in [1.82, 2.24) is 10.2 Å². The first-order valence-electron chi connectivity index (χ1n) is 7.52. The Kier molecular flexibility index (Phi) is 7.66. The van der Waals surface area contributed by atoms with Crippen molar-refractivity contribution in [3.8, 4) is 0 Å². The van der Waals surface area contributed by atoms with Gasteiger partial charge in [-0.25, -0.2) is 0 Å². The zero-order valence-electron chi connectivity index (χ0n) is 12.8. The van der Waals surface area contributed by atoms with E-state index in [-0.39, 0.29) is 0 Å².